The van der Waals surface area contributed by atoms with Gasteiger partial charge in [-0.2, -0.15) is 0 Å². The highest BCUT2D eigenvalue weighted by Crippen LogP contribution is 2.51. The van der Waals surface area contributed by atoms with Gasteiger partial charge in [0.05, 0.1) is 6.61 Å². The minimum Gasteiger partial charge on any atom is -0.488 e. The van der Waals surface area contributed by atoms with E-state index < -0.39 is 0 Å². The second-order valence-corrected chi connectivity index (χ2v) is 13.7. The lowest BCUT2D eigenvalue weighted by atomic mass is 9.63. The van der Waals surface area contributed by atoms with Crippen LogP contribution >= 0.6 is 0 Å². The van der Waals surface area contributed by atoms with Crippen molar-refractivity contribution in [2.45, 2.75) is 76.3 Å². The van der Waals surface area contributed by atoms with Gasteiger partial charge in [0.1, 0.15) is 17.0 Å². The largest absolute Gasteiger partial charge is 0.488 e. The Labute approximate surface area is 246 Å². The van der Waals surface area contributed by atoms with E-state index in [1.54, 1.807) is 14.2 Å². The molecule has 2 aliphatic carbocycles. The molecule has 2 heterocycles. The monoisotopic (exact) mass is 557 g/mol. The molecular formula is C36H47NO4. The van der Waals surface area contributed by atoms with Crippen molar-refractivity contribution in [1.82, 2.24) is 4.90 Å². The van der Waals surface area contributed by atoms with Crippen LogP contribution in [0.4, 0.5) is 0 Å². The summed E-state index contributed by atoms with van der Waals surface area (Å²) in [6, 6.07) is 18.0. The Hall–Kier alpha value is -2.60. The lowest BCUT2D eigenvalue weighted by Gasteiger charge is -2.50. The van der Waals surface area contributed by atoms with Crippen LogP contribution in [0.5, 0.6) is 5.75 Å². The summed E-state index contributed by atoms with van der Waals surface area (Å²) < 4.78 is 23.6. The van der Waals surface area contributed by atoms with Gasteiger partial charge in [0.25, 0.3) is 0 Å². The van der Waals surface area contributed by atoms with Crippen molar-refractivity contribution in [1.29, 1.82) is 0 Å². The fraction of sp³-hybridized carbons (Fsp3) is 0.556. The van der Waals surface area contributed by atoms with Crippen LogP contribution in [-0.4, -0.2) is 56.3 Å². The van der Waals surface area contributed by atoms with Crippen LogP contribution in [-0.2, 0) is 20.6 Å². The number of ether oxygens (including phenoxy) is 4. The highest BCUT2D eigenvalue weighted by molar-refractivity contribution is 5.45. The molecule has 1 spiro atoms. The lowest BCUT2D eigenvalue weighted by Crippen LogP contribution is -2.60. The van der Waals surface area contributed by atoms with Crippen molar-refractivity contribution in [2.24, 2.45) is 17.8 Å². The maximum absolute atomic E-state index is 6.32. The number of fused-ring (bicyclic) bond motifs is 1. The van der Waals surface area contributed by atoms with E-state index in [1.807, 2.05) is 0 Å². The van der Waals surface area contributed by atoms with Gasteiger partial charge in [-0.05, 0) is 98.6 Å². The fourth-order valence-electron chi connectivity index (χ4n) is 7.86. The van der Waals surface area contributed by atoms with E-state index >= 15 is 0 Å². The zero-order chi connectivity index (χ0) is 28.8. The average Bonchev–Trinajstić information content (AvgIpc) is 3.38. The van der Waals surface area contributed by atoms with Crippen molar-refractivity contribution in [3.63, 3.8) is 0 Å². The van der Waals surface area contributed by atoms with Crippen molar-refractivity contribution >= 4 is 0 Å². The summed E-state index contributed by atoms with van der Waals surface area (Å²) in [6.45, 7) is 11.3. The van der Waals surface area contributed by atoms with E-state index in [0.717, 1.165) is 38.1 Å². The van der Waals surface area contributed by atoms with Gasteiger partial charge < -0.3 is 23.8 Å². The van der Waals surface area contributed by atoms with E-state index in [1.165, 1.54) is 22.4 Å². The molecular weight excluding hydrogens is 510 g/mol. The summed E-state index contributed by atoms with van der Waals surface area (Å²) in [5.74, 6) is 3.06. The third-order valence-corrected chi connectivity index (χ3v) is 9.64. The number of benzene rings is 2. The molecule has 0 radical (unpaired) electrons. The van der Waals surface area contributed by atoms with Gasteiger partial charge in [-0.25, -0.2) is 0 Å². The number of hydrogen-bond acceptors (Lipinski definition) is 5. The maximum Gasteiger partial charge on any atom is 0.161 e. The summed E-state index contributed by atoms with van der Waals surface area (Å²) in [4.78, 5) is 2.49. The van der Waals surface area contributed by atoms with Crippen LogP contribution in [0.15, 0.2) is 72.5 Å². The van der Waals surface area contributed by atoms with Gasteiger partial charge in [0.2, 0.25) is 0 Å². The smallest absolute Gasteiger partial charge is 0.161 e. The number of methoxy groups -OCH3 is 2. The topological polar surface area (TPSA) is 40.2 Å². The maximum atomic E-state index is 6.32. The van der Waals surface area contributed by atoms with Crippen LogP contribution in [0, 0.1) is 17.8 Å². The van der Waals surface area contributed by atoms with E-state index in [9.17, 15) is 0 Å². The standard InChI is InChI=1S/C36H47NO4/c1-24-18-28(37-22-36(23-37)20-27(21-40-36)34(38-5)39-6)13-16-30(24)33-31(25-10-8-7-9-11-25)15-12-26-19-29(14-17-32(26)33)41-35(2,3)4/h7-11,13-14,16-19,24,27,30-31,33-34H,12,15,20-23H2,1-6H3/t24?,27-,30?,31+,33-/m0/s1. The lowest BCUT2D eigenvalue weighted by molar-refractivity contribution is -0.136. The summed E-state index contributed by atoms with van der Waals surface area (Å²) in [5.41, 5.74) is 5.46. The number of nitrogens with zero attached hydrogens (tertiary/aromatic N) is 1. The molecule has 0 bridgehead atoms. The second kappa shape index (κ2) is 11.2. The van der Waals surface area contributed by atoms with Gasteiger partial charge in [0, 0.05) is 38.9 Å². The summed E-state index contributed by atoms with van der Waals surface area (Å²) in [5, 5.41) is 0. The molecule has 41 heavy (non-hydrogen) atoms. The van der Waals surface area contributed by atoms with Gasteiger partial charge in [-0.3, -0.25) is 0 Å². The number of rotatable bonds is 7. The minimum atomic E-state index is -0.203. The summed E-state index contributed by atoms with van der Waals surface area (Å²) in [7, 11) is 3.43. The number of hydrogen-bond donors (Lipinski definition) is 0. The van der Waals surface area contributed by atoms with Crippen molar-refractivity contribution in [3.05, 3.63) is 89.1 Å². The molecule has 0 N–H and O–H groups in total. The quantitative estimate of drug-likeness (QED) is 0.340. The van der Waals surface area contributed by atoms with Gasteiger partial charge in [0.15, 0.2) is 6.29 Å². The molecule has 5 atom stereocenters. The Morgan fingerprint density at radius 1 is 1.02 bits per heavy atom. The molecule has 0 aromatic heterocycles. The van der Waals surface area contributed by atoms with Crippen LogP contribution in [0.3, 0.4) is 0 Å². The second-order valence-electron chi connectivity index (χ2n) is 13.7. The zero-order valence-electron chi connectivity index (χ0n) is 25.6. The molecule has 5 nitrogen and oxygen atoms in total. The number of allylic oxidation sites excluding steroid dienone is 3. The summed E-state index contributed by atoms with van der Waals surface area (Å²) in [6.07, 6.45) is 10.4. The number of aryl methyl sites for hydroxylation is 1. The highest BCUT2D eigenvalue weighted by atomic mass is 16.7. The normalized spacial score (nSPS) is 28.9. The SMILES string of the molecule is COC(OC)[C@@H]1COC2(C1)CN(C1=CC(C)C([C@@H]3c4ccc(OC(C)(C)C)cc4CC[C@@H]3c3ccccc3)C=C1)C2. The first-order chi connectivity index (χ1) is 19.7. The molecule has 0 amide bonds. The Morgan fingerprint density at radius 3 is 2.46 bits per heavy atom. The Bertz CT molecular complexity index is 1270. The Kier molecular flexibility index (Phi) is 7.82. The average molecular weight is 558 g/mol. The predicted octanol–water partition coefficient (Wildman–Crippen LogP) is 7.09. The van der Waals surface area contributed by atoms with Gasteiger partial charge >= 0.3 is 0 Å². The van der Waals surface area contributed by atoms with Crippen LogP contribution in [0.1, 0.15) is 69.1 Å². The first-order valence-electron chi connectivity index (χ1n) is 15.4. The molecule has 4 aliphatic rings. The van der Waals surface area contributed by atoms with E-state index in [0.29, 0.717) is 36.2 Å². The van der Waals surface area contributed by atoms with Crippen molar-refractivity contribution in [2.75, 3.05) is 33.9 Å². The molecule has 5 heteroatoms. The Morgan fingerprint density at radius 2 is 1.78 bits per heavy atom. The van der Waals surface area contributed by atoms with E-state index in [-0.39, 0.29) is 17.5 Å². The molecule has 2 aromatic carbocycles. The van der Waals surface area contributed by atoms with Crippen LogP contribution < -0.4 is 4.74 Å². The molecule has 2 saturated heterocycles. The molecule has 6 rings (SSSR count). The molecule has 2 unspecified atom stereocenters. The van der Waals surface area contributed by atoms with Crippen molar-refractivity contribution in [3.8, 4) is 5.75 Å². The summed E-state index contributed by atoms with van der Waals surface area (Å²) >= 11 is 0. The van der Waals surface area contributed by atoms with Crippen LogP contribution in [0.25, 0.3) is 0 Å². The number of likely N-dealkylation sites (tertiary alicyclic amines) is 1. The van der Waals surface area contributed by atoms with Gasteiger partial charge in [-0.15, -0.1) is 0 Å². The predicted molar refractivity (Wildman–Crippen MR) is 163 cm³/mol. The molecule has 2 aliphatic heterocycles. The van der Waals surface area contributed by atoms with Gasteiger partial charge in [-0.1, -0.05) is 55.5 Å². The van der Waals surface area contributed by atoms with Crippen molar-refractivity contribution < 1.29 is 18.9 Å². The molecule has 2 fully saturated rings. The molecule has 0 saturated carbocycles. The van der Waals surface area contributed by atoms with E-state index in [2.05, 4.69) is 99.4 Å². The zero-order valence-corrected chi connectivity index (χ0v) is 25.6. The molecule has 220 valence electrons. The third kappa shape index (κ3) is 5.74. The third-order valence-electron chi connectivity index (χ3n) is 9.64. The van der Waals surface area contributed by atoms with E-state index in [4.69, 9.17) is 18.9 Å². The molecule has 2 aromatic rings. The van der Waals surface area contributed by atoms with Crippen LogP contribution in [0.2, 0.25) is 0 Å². The highest BCUT2D eigenvalue weighted by Gasteiger charge is 2.52. The fourth-order valence-corrected chi connectivity index (χ4v) is 7.86. The first kappa shape index (κ1) is 28.5. The Balaban J connectivity index is 1.21. The first-order valence-corrected chi connectivity index (χ1v) is 15.4. The minimum absolute atomic E-state index is 0.0672.